The second kappa shape index (κ2) is 6.01. The topological polar surface area (TPSA) is 28.2 Å². The molecule has 0 saturated carbocycles. The molecule has 0 aromatic carbocycles. The average molecular weight is 233 g/mol. The van der Waals surface area contributed by atoms with Gasteiger partial charge >= 0.3 is 0 Å². The minimum atomic E-state index is 0.593. The van der Waals surface area contributed by atoms with E-state index in [0.717, 1.165) is 12.2 Å². The minimum Gasteiger partial charge on any atom is -0.367 e. The average Bonchev–Trinajstić information content (AvgIpc) is 2.33. The van der Waals surface area contributed by atoms with Gasteiger partial charge in [-0.2, -0.15) is 0 Å². The fourth-order valence-corrected chi connectivity index (χ4v) is 2.36. The Kier molecular flexibility index (Phi) is 4.37. The minimum absolute atomic E-state index is 0.593. The van der Waals surface area contributed by atoms with Crippen molar-refractivity contribution in [2.45, 2.75) is 38.6 Å². The summed E-state index contributed by atoms with van der Waals surface area (Å²) in [5.41, 5.74) is 1.39. The van der Waals surface area contributed by atoms with E-state index in [1.165, 1.54) is 37.9 Å². The number of rotatable bonds is 4. The Labute approximate surface area is 104 Å². The largest absolute Gasteiger partial charge is 0.367 e. The van der Waals surface area contributed by atoms with Gasteiger partial charge in [0, 0.05) is 12.2 Å². The van der Waals surface area contributed by atoms with Crippen LogP contribution in [0.2, 0.25) is 0 Å². The first kappa shape index (κ1) is 12.4. The molecule has 0 atom stereocenters. The maximum Gasteiger partial charge on any atom is 0.126 e. The van der Waals surface area contributed by atoms with E-state index in [2.05, 4.69) is 41.3 Å². The predicted octanol–water partition coefficient (Wildman–Crippen LogP) is 2.54. The third kappa shape index (κ3) is 3.70. The summed E-state index contributed by atoms with van der Waals surface area (Å²) in [6, 6.07) is 4.90. The van der Waals surface area contributed by atoms with Crippen molar-refractivity contribution in [3.8, 4) is 0 Å². The zero-order valence-corrected chi connectivity index (χ0v) is 10.9. The van der Waals surface area contributed by atoms with Crippen LogP contribution < -0.4 is 5.32 Å². The van der Waals surface area contributed by atoms with E-state index in [9.17, 15) is 0 Å². The molecule has 1 aromatic rings. The molecule has 17 heavy (non-hydrogen) atoms. The molecule has 3 nitrogen and oxygen atoms in total. The third-order valence-electron chi connectivity index (χ3n) is 3.43. The molecule has 0 unspecified atom stereocenters. The Morgan fingerprint density at radius 3 is 2.88 bits per heavy atom. The van der Waals surface area contributed by atoms with Crippen molar-refractivity contribution >= 4 is 5.82 Å². The van der Waals surface area contributed by atoms with Crippen LogP contribution in [0.1, 0.15) is 31.7 Å². The molecular formula is C14H23N3. The molecule has 0 bridgehead atoms. The van der Waals surface area contributed by atoms with Crippen molar-refractivity contribution in [2.24, 2.45) is 0 Å². The van der Waals surface area contributed by atoms with Crippen molar-refractivity contribution in [1.82, 2.24) is 9.88 Å². The SMILES string of the molecule is CCCc1ccnc(NC2CCN(C)CC2)c1. The fourth-order valence-electron chi connectivity index (χ4n) is 2.36. The van der Waals surface area contributed by atoms with Crippen molar-refractivity contribution in [2.75, 3.05) is 25.5 Å². The number of piperidine rings is 1. The van der Waals surface area contributed by atoms with Gasteiger partial charge in [-0.1, -0.05) is 13.3 Å². The first-order valence-corrected chi connectivity index (χ1v) is 6.68. The fraction of sp³-hybridized carbons (Fsp3) is 0.643. The Balaban J connectivity index is 1.91. The number of anilines is 1. The first-order chi connectivity index (χ1) is 8.28. The molecule has 1 aliphatic heterocycles. The van der Waals surface area contributed by atoms with Crippen LogP contribution in [0.4, 0.5) is 5.82 Å². The highest BCUT2D eigenvalue weighted by Gasteiger charge is 2.16. The summed E-state index contributed by atoms with van der Waals surface area (Å²) in [5.74, 6) is 1.05. The van der Waals surface area contributed by atoms with Crippen LogP contribution >= 0.6 is 0 Å². The number of likely N-dealkylation sites (tertiary alicyclic amines) is 1. The molecule has 1 saturated heterocycles. The molecule has 1 aromatic heterocycles. The van der Waals surface area contributed by atoms with E-state index in [0.29, 0.717) is 6.04 Å². The molecule has 2 heterocycles. The zero-order chi connectivity index (χ0) is 12.1. The number of nitrogens with one attached hydrogen (secondary N) is 1. The second-order valence-corrected chi connectivity index (χ2v) is 5.02. The van der Waals surface area contributed by atoms with Crippen LogP contribution in [-0.2, 0) is 6.42 Å². The summed E-state index contributed by atoms with van der Waals surface area (Å²) >= 11 is 0. The van der Waals surface area contributed by atoms with Gasteiger partial charge in [-0.15, -0.1) is 0 Å². The number of pyridine rings is 1. The number of hydrogen-bond acceptors (Lipinski definition) is 3. The standard InChI is InChI=1S/C14H23N3/c1-3-4-12-5-8-15-14(11-12)16-13-6-9-17(2)10-7-13/h5,8,11,13H,3-4,6-7,9-10H2,1-2H3,(H,15,16). The molecular weight excluding hydrogens is 210 g/mol. The lowest BCUT2D eigenvalue weighted by Gasteiger charge is -2.29. The molecule has 0 radical (unpaired) electrons. The monoisotopic (exact) mass is 233 g/mol. The molecule has 94 valence electrons. The lowest BCUT2D eigenvalue weighted by Crippen LogP contribution is -2.36. The van der Waals surface area contributed by atoms with Gasteiger partial charge in [0.2, 0.25) is 0 Å². The number of nitrogens with zero attached hydrogens (tertiary/aromatic N) is 2. The van der Waals surface area contributed by atoms with Gasteiger partial charge in [0.15, 0.2) is 0 Å². The Bertz CT molecular complexity index is 343. The summed E-state index contributed by atoms with van der Waals surface area (Å²) in [6.07, 6.45) is 6.69. The molecule has 0 spiro atoms. The third-order valence-corrected chi connectivity index (χ3v) is 3.43. The van der Waals surface area contributed by atoms with E-state index >= 15 is 0 Å². The highest BCUT2D eigenvalue weighted by Crippen LogP contribution is 2.15. The first-order valence-electron chi connectivity index (χ1n) is 6.68. The Hall–Kier alpha value is -1.09. The highest BCUT2D eigenvalue weighted by atomic mass is 15.1. The summed E-state index contributed by atoms with van der Waals surface area (Å²) in [5, 5.41) is 3.56. The summed E-state index contributed by atoms with van der Waals surface area (Å²) in [4.78, 5) is 6.80. The molecule has 1 fully saturated rings. The molecule has 0 aliphatic carbocycles. The zero-order valence-electron chi connectivity index (χ0n) is 10.9. The van der Waals surface area contributed by atoms with Crippen LogP contribution in [0.25, 0.3) is 0 Å². The van der Waals surface area contributed by atoms with Crippen LogP contribution in [0, 0.1) is 0 Å². The molecule has 1 N–H and O–H groups in total. The molecule has 0 amide bonds. The maximum atomic E-state index is 4.41. The highest BCUT2D eigenvalue weighted by molar-refractivity contribution is 5.38. The van der Waals surface area contributed by atoms with Crippen molar-refractivity contribution in [3.05, 3.63) is 23.9 Å². The van der Waals surface area contributed by atoms with Gasteiger partial charge in [0.1, 0.15) is 5.82 Å². The Morgan fingerprint density at radius 1 is 1.41 bits per heavy atom. The lowest BCUT2D eigenvalue weighted by atomic mass is 10.1. The predicted molar refractivity (Wildman–Crippen MR) is 72.4 cm³/mol. The van der Waals surface area contributed by atoms with Crippen LogP contribution in [-0.4, -0.2) is 36.1 Å². The van der Waals surface area contributed by atoms with Crippen molar-refractivity contribution in [3.63, 3.8) is 0 Å². The van der Waals surface area contributed by atoms with Gasteiger partial charge in [0.25, 0.3) is 0 Å². The van der Waals surface area contributed by atoms with Gasteiger partial charge < -0.3 is 10.2 Å². The van der Waals surface area contributed by atoms with E-state index < -0.39 is 0 Å². The maximum absolute atomic E-state index is 4.41. The molecule has 2 rings (SSSR count). The van der Waals surface area contributed by atoms with Gasteiger partial charge in [-0.05, 0) is 57.1 Å². The van der Waals surface area contributed by atoms with Crippen LogP contribution in [0.5, 0.6) is 0 Å². The summed E-state index contributed by atoms with van der Waals surface area (Å²) in [7, 11) is 2.19. The second-order valence-electron chi connectivity index (χ2n) is 5.02. The van der Waals surface area contributed by atoms with Crippen molar-refractivity contribution < 1.29 is 0 Å². The Morgan fingerprint density at radius 2 is 2.18 bits per heavy atom. The van der Waals surface area contributed by atoms with E-state index in [4.69, 9.17) is 0 Å². The van der Waals surface area contributed by atoms with E-state index in [-0.39, 0.29) is 0 Å². The van der Waals surface area contributed by atoms with Gasteiger partial charge in [0.05, 0.1) is 0 Å². The number of aryl methyl sites for hydroxylation is 1. The molecule has 3 heteroatoms. The van der Waals surface area contributed by atoms with Gasteiger partial charge in [-0.3, -0.25) is 0 Å². The quantitative estimate of drug-likeness (QED) is 0.866. The van der Waals surface area contributed by atoms with Crippen molar-refractivity contribution in [1.29, 1.82) is 0 Å². The van der Waals surface area contributed by atoms with Crippen LogP contribution in [0.3, 0.4) is 0 Å². The summed E-state index contributed by atoms with van der Waals surface area (Å²) in [6.45, 7) is 4.59. The smallest absolute Gasteiger partial charge is 0.126 e. The lowest BCUT2D eigenvalue weighted by molar-refractivity contribution is 0.263. The van der Waals surface area contributed by atoms with Crippen LogP contribution in [0.15, 0.2) is 18.3 Å². The van der Waals surface area contributed by atoms with E-state index in [1.54, 1.807) is 0 Å². The summed E-state index contributed by atoms with van der Waals surface area (Å²) < 4.78 is 0. The van der Waals surface area contributed by atoms with Gasteiger partial charge in [-0.25, -0.2) is 4.98 Å². The number of hydrogen-bond donors (Lipinski definition) is 1. The normalized spacial score (nSPS) is 18.2. The number of aromatic nitrogens is 1. The molecule has 1 aliphatic rings. The van der Waals surface area contributed by atoms with E-state index in [1.807, 2.05) is 6.20 Å².